The van der Waals surface area contributed by atoms with Crippen LogP contribution in [0.15, 0.2) is 22.7 Å². The highest BCUT2D eigenvalue weighted by Gasteiger charge is 2.31. The van der Waals surface area contributed by atoms with Gasteiger partial charge in [0.2, 0.25) is 5.91 Å². The van der Waals surface area contributed by atoms with Gasteiger partial charge in [0.1, 0.15) is 5.82 Å². The Balaban J connectivity index is 2.05. The predicted octanol–water partition coefficient (Wildman–Crippen LogP) is 2.96. The molecule has 0 aliphatic heterocycles. The van der Waals surface area contributed by atoms with Gasteiger partial charge in [0.05, 0.1) is 0 Å². The summed E-state index contributed by atoms with van der Waals surface area (Å²) >= 11 is 3.30. The second kappa shape index (κ2) is 4.53. The molecule has 16 heavy (non-hydrogen) atoms. The van der Waals surface area contributed by atoms with Gasteiger partial charge in [-0.3, -0.25) is 4.79 Å². The van der Waals surface area contributed by atoms with E-state index in [0.717, 1.165) is 18.4 Å². The van der Waals surface area contributed by atoms with Crippen LogP contribution in [0.2, 0.25) is 0 Å². The molecule has 1 aromatic carbocycles. The van der Waals surface area contributed by atoms with Gasteiger partial charge in [-0.2, -0.15) is 0 Å². The van der Waals surface area contributed by atoms with Crippen molar-refractivity contribution in [2.24, 2.45) is 5.92 Å². The Bertz CT molecular complexity index is 417. The van der Waals surface area contributed by atoms with Gasteiger partial charge in [-0.05, 0) is 30.5 Å². The van der Waals surface area contributed by atoms with Gasteiger partial charge in [-0.15, -0.1) is 0 Å². The van der Waals surface area contributed by atoms with Gasteiger partial charge >= 0.3 is 0 Å². The maximum absolute atomic E-state index is 12.9. The average molecular weight is 286 g/mol. The summed E-state index contributed by atoms with van der Waals surface area (Å²) in [7, 11) is 1.79. The van der Waals surface area contributed by atoms with E-state index in [4.69, 9.17) is 0 Å². The Hall–Kier alpha value is -0.900. The third-order valence-electron chi connectivity index (χ3n) is 2.73. The molecule has 0 heterocycles. The van der Waals surface area contributed by atoms with Crippen molar-refractivity contribution in [3.8, 4) is 0 Å². The largest absolute Gasteiger partial charge is 0.341 e. The van der Waals surface area contributed by atoms with Crippen molar-refractivity contribution in [3.05, 3.63) is 34.1 Å². The minimum atomic E-state index is -0.271. The SMILES string of the molecule is CN(Cc1ccc(F)cc1Br)C(=O)C1CC1. The first-order valence-corrected chi connectivity index (χ1v) is 6.06. The molecule has 1 saturated carbocycles. The predicted molar refractivity (Wildman–Crippen MR) is 63.3 cm³/mol. The third kappa shape index (κ3) is 2.61. The standard InChI is InChI=1S/C12H13BrFNO/c1-15(12(16)8-2-3-8)7-9-4-5-10(14)6-11(9)13/h4-6,8H,2-3,7H2,1H3. The fourth-order valence-electron chi connectivity index (χ4n) is 1.63. The van der Waals surface area contributed by atoms with E-state index < -0.39 is 0 Å². The van der Waals surface area contributed by atoms with Crippen LogP contribution in [0.3, 0.4) is 0 Å². The lowest BCUT2D eigenvalue weighted by Crippen LogP contribution is -2.27. The molecule has 1 fully saturated rings. The number of benzene rings is 1. The molecular formula is C12H13BrFNO. The molecule has 1 aromatic rings. The molecule has 0 spiro atoms. The summed E-state index contributed by atoms with van der Waals surface area (Å²) in [6.45, 7) is 0.524. The fraction of sp³-hybridized carbons (Fsp3) is 0.417. The maximum Gasteiger partial charge on any atom is 0.225 e. The second-order valence-electron chi connectivity index (χ2n) is 4.20. The summed E-state index contributed by atoms with van der Waals surface area (Å²) < 4.78 is 13.6. The van der Waals surface area contributed by atoms with Crippen LogP contribution in [0, 0.1) is 11.7 Å². The number of hydrogen-bond acceptors (Lipinski definition) is 1. The smallest absolute Gasteiger partial charge is 0.225 e. The van der Waals surface area contributed by atoms with E-state index >= 15 is 0 Å². The Morgan fingerprint density at radius 2 is 2.25 bits per heavy atom. The van der Waals surface area contributed by atoms with Gasteiger partial charge in [0.25, 0.3) is 0 Å². The van der Waals surface area contributed by atoms with Gasteiger partial charge in [0.15, 0.2) is 0 Å². The molecular weight excluding hydrogens is 273 g/mol. The van der Waals surface area contributed by atoms with Gasteiger partial charge in [-0.25, -0.2) is 4.39 Å². The van der Waals surface area contributed by atoms with E-state index in [0.29, 0.717) is 11.0 Å². The number of carbonyl (C=O) groups is 1. The molecule has 2 nitrogen and oxygen atoms in total. The van der Waals surface area contributed by atoms with Crippen LogP contribution in [0.4, 0.5) is 4.39 Å². The minimum Gasteiger partial charge on any atom is -0.341 e. The molecule has 0 N–H and O–H groups in total. The van der Waals surface area contributed by atoms with E-state index in [1.165, 1.54) is 12.1 Å². The van der Waals surface area contributed by atoms with Gasteiger partial charge < -0.3 is 4.90 Å². The lowest BCUT2D eigenvalue weighted by Gasteiger charge is -2.17. The van der Waals surface area contributed by atoms with Crippen molar-refractivity contribution in [2.75, 3.05) is 7.05 Å². The highest BCUT2D eigenvalue weighted by atomic mass is 79.9. The second-order valence-corrected chi connectivity index (χ2v) is 5.06. The van der Waals surface area contributed by atoms with Crippen molar-refractivity contribution in [1.82, 2.24) is 4.90 Å². The van der Waals surface area contributed by atoms with Gasteiger partial charge in [-0.1, -0.05) is 22.0 Å². The van der Waals surface area contributed by atoms with Crippen LogP contribution in [-0.2, 0) is 11.3 Å². The third-order valence-corrected chi connectivity index (χ3v) is 3.46. The molecule has 2 rings (SSSR count). The first-order valence-electron chi connectivity index (χ1n) is 5.27. The van der Waals surface area contributed by atoms with E-state index in [-0.39, 0.29) is 17.6 Å². The number of amides is 1. The summed E-state index contributed by atoms with van der Waals surface area (Å²) in [6.07, 6.45) is 2.02. The molecule has 86 valence electrons. The van der Waals surface area contributed by atoms with Crippen molar-refractivity contribution < 1.29 is 9.18 Å². The number of carbonyl (C=O) groups excluding carboxylic acids is 1. The van der Waals surface area contributed by atoms with E-state index in [9.17, 15) is 9.18 Å². The lowest BCUT2D eigenvalue weighted by molar-refractivity contribution is -0.131. The minimum absolute atomic E-state index is 0.191. The Labute approximate surface area is 103 Å². The zero-order valence-electron chi connectivity index (χ0n) is 9.04. The van der Waals surface area contributed by atoms with Crippen molar-refractivity contribution in [2.45, 2.75) is 19.4 Å². The Kier molecular flexibility index (Phi) is 3.28. The normalized spacial score (nSPS) is 14.9. The first-order chi connectivity index (χ1) is 7.58. The number of halogens is 2. The van der Waals surface area contributed by atoms with Crippen LogP contribution in [0.25, 0.3) is 0 Å². The van der Waals surface area contributed by atoms with Crippen LogP contribution in [0.1, 0.15) is 18.4 Å². The molecule has 0 radical (unpaired) electrons. The molecule has 1 aliphatic rings. The fourth-order valence-corrected chi connectivity index (χ4v) is 2.10. The summed E-state index contributed by atoms with van der Waals surface area (Å²) in [6, 6.07) is 4.54. The molecule has 0 saturated heterocycles. The highest BCUT2D eigenvalue weighted by molar-refractivity contribution is 9.10. The summed E-state index contributed by atoms with van der Waals surface area (Å²) in [4.78, 5) is 13.4. The topological polar surface area (TPSA) is 20.3 Å². The van der Waals surface area contributed by atoms with Crippen LogP contribution < -0.4 is 0 Å². The van der Waals surface area contributed by atoms with Crippen LogP contribution in [0.5, 0.6) is 0 Å². The van der Waals surface area contributed by atoms with Crippen LogP contribution in [-0.4, -0.2) is 17.9 Å². The van der Waals surface area contributed by atoms with E-state index in [1.54, 1.807) is 18.0 Å². The van der Waals surface area contributed by atoms with E-state index in [1.807, 2.05) is 0 Å². The van der Waals surface area contributed by atoms with Crippen molar-refractivity contribution in [1.29, 1.82) is 0 Å². The first kappa shape index (κ1) is 11.6. The number of hydrogen-bond donors (Lipinski definition) is 0. The van der Waals surface area contributed by atoms with E-state index in [2.05, 4.69) is 15.9 Å². The molecule has 0 unspecified atom stereocenters. The van der Waals surface area contributed by atoms with Gasteiger partial charge in [0, 0.05) is 24.0 Å². The maximum atomic E-state index is 12.9. The molecule has 1 aliphatic carbocycles. The van der Waals surface area contributed by atoms with Crippen LogP contribution >= 0.6 is 15.9 Å². The number of nitrogens with zero attached hydrogens (tertiary/aromatic N) is 1. The van der Waals surface area contributed by atoms with Crippen molar-refractivity contribution >= 4 is 21.8 Å². The Morgan fingerprint density at radius 1 is 1.56 bits per heavy atom. The summed E-state index contributed by atoms with van der Waals surface area (Å²) in [5, 5.41) is 0. The number of rotatable bonds is 3. The zero-order valence-corrected chi connectivity index (χ0v) is 10.6. The average Bonchev–Trinajstić information content (AvgIpc) is 3.04. The highest BCUT2D eigenvalue weighted by Crippen LogP contribution is 2.31. The molecule has 4 heteroatoms. The zero-order chi connectivity index (χ0) is 11.7. The monoisotopic (exact) mass is 285 g/mol. The quantitative estimate of drug-likeness (QED) is 0.836. The summed E-state index contributed by atoms with van der Waals surface area (Å²) in [5.41, 5.74) is 0.929. The van der Waals surface area contributed by atoms with Crippen molar-refractivity contribution in [3.63, 3.8) is 0 Å². The molecule has 0 atom stereocenters. The molecule has 0 aromatic heterocycles. The Morgan fingerprint density at radius 3 is 2.81 bits per heavy atom. The molecule has 0 bridgehead atoms. The summed E-state index contributed by atoms with van der Waals surface area (Å²) in [5.74, 6) is 0.146. The molecule has 1 amide bonds. The lowest BCUT2D eigenvalue weighted by atomic mass is 10.2.